The van der Waals surface area contributed by atoms with E-state index in [0.717, 1.165) is 0 Å². The van der Waals surface area contributed by atoms with E-state index in [0.29, 0.717) is 16.5 Å². The minimum absolute atomic E-state index is 0.417. The molecule has 2 rings (SSSR count). The van der Waals surface area contributed by atoms with Crippen LogP contribution in [-0.4, -0.2) is 24.5 Å². The molecular formula is C11H11ClN2O3. The molecule has 0 aromatic heterocycles. The summed E-state index contributed by atoms with van der Waals surface area (Å²) in [6.45, 7) is 1.42. The minimum atomic E-state index is -1.56. The Morgan fingerprint density at radius 2 is 2.24 bits per heavy atom. The molecule has 1 aromatic carbocycles. The molecule has 6 heteroatoms. The maximum Gasteiger partial charge on any atom is 0.278 e. The first-order valence-corrected chi connectivity index (χ1v) is 5.37. The van der Waals surface area contributed by atoms with E-state index in [1.165, 1.54) is 14.0 Å². The van der Waals surface area contributed by atoms with Crippen LogP contribution < -0.4 is 15.4 Å². The van der Waals surface area contributed by atoms with Crippen LogP contribution in [0.25, 0.3) is 0 Å². The summed E-state index contributed by atoms with van der Waals surface area (Å²) in [5, 5.41) is 5.48. The van der Waals surface area contributed by atoms with Crippen LogP contribution in [-0.2, 0) is 9.59 Å². The van der Waals surface area contributed by atoms with Gasteiger partial charge in [-0.3, -0.25) is 9.59 Å². The third kappa shape index (κ3) is 1.82. The van der Waals surface area contributed by atoms with Crippen molar-refractivity contribution in [1.29, 1.82) is 0 Å². The summed E-state index contributed by atoms with van der Waals surface area (Å²) in [6.07, 6.45) is 0. The Labute approximate surface area is 103 Å². The van der Waals surface area contributed by atoms with Crippen molar-refractivity contribution in [2.45, 2.75) is 12.5 Å². The molecule has 0 aliphatic carbocycles. The maximum atomic E-state index is 11.9. The molecule has 17 heavy (non-hydrogen) atoms. The number of amides is 2. The number of anilines is 1. The Morgan fingerprint density at radius 1 is 1.53 bits per heavy atom. The number of halogens is 1. The van der Waals surface area contributed by atoms with Crippen molar-refractivity contribution in [3.8, 4) is 5.75 Å². The zero-order chi connectivity index (χ0) is 12.6. The second-order valence-corrected chi connectivity index (χ2v) is 4.25. The molecule has 2 N–H and O–H groups in total. The Hall–Kier alpha value is -1.75. The van der Waals surface area contributed by atoms with Gasteiger partial charge in [-0.2, -0.15) is 0 Å². The summed E-state index contributed by atoms with van der Waals surface area (Å²) in [5.74, 6) is -0.609. The molecule has 0 spiro atoms. The number of carbonyl (C=O) groups is 2. The highest BCUT2D eigenvalue weighted by Crippen LogP contribution is 2.35. The van der Waals surface area contributed by atoms with E-state index >= 15 is 0 Å². The summed E-state index contributed by atoms with van der Waals surface area (Å²) < 4.78 is 5.46. The summed E-state index contributed by atoms with van der Waals surface area (Å²) in [4.78, 5) is 23.5. The minimum Gasteiger partial charge on any atom is -0.466 e. The van der Waals surface area contributed by atoms with Gasteiger partial charge in [0.1, 0.15) is 5.75 Å². The zero-order valence-electron chi connectivity index (χ0n) is 9.33. The molecule has 1 heterocycles. The van der Waals surface area contributed by atoms with Crippen LogP contribution in [0.4, 0.5) is 5.69 Å². The number of hydrogen-bond donors (Lipinski definition) is 2. The van der Waals surface area contributed by atoms with Crippen LogP contribution in [0.5, 0.6) is 5.75 Å². The molecule has 1 aliphatic heterocycles. The third-order valence-corrected chi connectivity index (χ3v) is 2.83. The van der Waals surface area contributed by atoms with E-state index in [-0.39, 0.29) is 0 Å². The van der Waals surface area contributed by atoms with E-state index in [4.69, 9.17) is 16.3 Å². The Balaban J connectivity index is 2.43. The molecule has 0 saturated heterocycles. The van der Waals surface area contributed by atoms with Gasteiger partial charge in [0.05, 0.1) is 5.69 Å². The molecule has 1 aliphatic rings. The molecule has 0 saturated carbocycles. The van der Waals surface area contributed by atoms with Gasteiger partial charge in [0.2, 0.25) is 0 Å². The van der Waals surface area contributed by atoms with Crippen molar-refractivity contribution < 1.29 is 14.3 Å². The standard InChI is InChI=1S/C11H11ClN2O3/c1-11(9(15)13-2)10(16)14-7-5-6(12)3-4-8(7)17-11/h3-5H,1-2H3,(H,13,15)(H,14,16)/t11-/m1/s1. The van der Waals surface area contributed by atoms with Gasteiger partial charge < -0.3 is 15.4 Å². The summed E-state index contributed by atoms with van der Waals surface area (Å²) in [5.41, 5.74) is -1.10. The predicted octanol–water partition coefficient (Wildman–Crippen LogP) is 1.18. The van der Waals surface area contributed by atoms with E-state index in [2.05, 4.69) is 10.6 Å². The molecule has 90 valence electrons. The number of carbonyl (C=O) groups excluding carboxylic acids is 2. The second-order valence-electron chi connectivity index (χ2n) is 3.81. The molecule has 1 atom stereocenters. The lowest BCUT2D eigenvalue weighted by atomic mass is 10.0. The summed E-state index contributed by atoms with van der Waals surface area (Å²) >= 11 is 5.80. The van der Waals surface area contributed by atoms with Gasteiger partial charge in [0.25, 0.3) is 17.4 Å². The fraction of sp³-hybridized carbons (Fsp3) is 0.273. The zero-order valence-corrected chi connectivity index (χ0v) is 10.1. The lowest BCUT2D eigenvalue weighted by Crippen LogP contribution is -2.58. The van der Waals surface area contributed by atoms with E-state index in [1.54, 1.807) is 18.2 Å². The monoisotopic (exact) mass is 254 g/mol. The number of nitrogens with one attached hydrogen (secondary N) is 2. The molecular weight excluding hydrogens is 244 g/mol. The number of fused-ring (bicyclic) bond motifs is 1. The van der Waals surface area contributed by atoms with Crippen LogP contribution >= 0.6 is 11.6 Å². The lowest BCUT2D eigenvalue weighted by Gasteiger charge is -2.32. The van der Waals surface area contributed by atoms with Gasteiger partial charge in [-0.05, 0) is 25.1 Å². The van der Waals surface area contributed by atoms with E-state index in [1.807, 2.05) is 0 Å². The van der Waals surface area contributed by atoms with Gasteiger partial charge in [0.15, 0.2) is 0 Å². The number of benzene rings is 1. The van der Waals surface area contributed by atoms with Crippen molar-refractivity contribution in [1.82, 2.24) is 5.32 Å². The first kappa shape index (κ1) is 11.7. The van der Waals surface area contributed by atoms with Crippen molar-refractivity contribution >= 4 is 29.1 Å². The fourth-order valence-corrected chi connectivity index (χ4v) is 1.76. The van der Waals surface area contributed by atoms with E-state index in [9.17, 15) is 9.59 Å². The largest absolute Gasteiger partial charge is 0.466 e. The molecule has 0 fully saturated rings. The van der Waals surface area contributed by atoms with Crippen LogP contribution in [0.1, 0.15) is 6.92 Å². The average Bonchev–Trinajstić information content (AvgIpc) is 2.30. The summed E-state index contributed by atoms with van der Waals surface area (Å²) in [7, 11) is 1.45. The molecule has 1 aromatic rings. The van der Waals surface area contributed by atoms with Crippen molar-refractivity contribution in [2.24, 2.45) is 0 Å². The second kappa shape index (κ2) is 3.92. The average molecular weight is 255 g/mol. The van der Waals surface area contributed by atoms with Crippen LogP contribution in [0.15, 0.2) is 18.2 Å². The first-order chi connectivity index (χ1) is 7.97. The Bertz CT molecular complexity index is 503. The third-order valence-electron chi connectivity index (χ3n) is 2.60. The molecule has 0 radical (unpaired) electrons. The normalized spacial score (nSPS) is 22.2. The number of hydrogen-bond acceptors (Lipinski definition) is 3. The first-order valence-electron chi connectivity index (χ1n) is 4.99. The molecule has 0 bridgehead atoms. The molecule has 0 unspecified atom stereocenters. The lowest BCUT2D eigenvalue weighted by molar-refractivity contribution is -0.146. The SMILES string of the molecule is CNC(=O)[C@@]1(C)Oc2ccc(Cl)cc2NC1=O. The van der Waals surface area contributed by atoms with Gasteiger partial charge >= 0.3 is 0 Å². The number of rotatable bonds is 1. The van der Waals surface area contributed by atoms with Gasteiger partial charge in [0, 0.05) is 12.1 Å². The highest BCUT2D eigenvalue weighted by atomic mass is 35.5. The molecule has 2 amide bonds. The van der Waals surface area contributed by atoms with Crippen molar-refractivity contribution in [3.05, 3.63) is 23.2 Å². The quantitative estimate of drug-likeness (QED) is 0.740. The highest BCUT2D eigenvalue weighted by Gasteiger charge is 2.46. The number of likely N-dealkylation sites (N-methyl/N-ethyl adjacent to an activating group) is 1. The van der Waals surface area contributed by atoms with Gasteiger partial charge in [-0.25, -0.2) is 0 Å². The fourth-order valence-electron chi connectivity index (χ4n) is 1.58. The predicted molar refractivity (Wildman–Crippen MR) is 63.2 cm³/mol. The maximum absolute atomic E-state index is 11.9. The Morgan fingerprint density at radius 3 is 2.88 bits per heavy atom. The summed E-state index contributed by atoms with van der Waals surface area (Å²) in [6, 6.07) is 4.80. The number of ether oxygens (including phenoxy) is 1. The molecule has 5 nitrogen and oxygen atoms in total. The van der Waals surface area contributed by atoms with Crippen LogP contribution in [0, 0.1) is 0 Å². The smallest absolute Gasteiger partial charge is 0.278 e. The van der Waals surface area contributed by atoms with Gasteiger partial charge in [-0.15, -0.1) is 0 Å². The van der Waals surface area contributed by atoms with Gasteiger partial charge in [-0.1, -0.05) is 11.6 Å². The van der Waals surface area contributed by atoms with E-state index < -0.39 is 17.4 Å². The van der Waals surface area contributed by atoms with Crippen molar-refractivity contribution in [2.75, 3.05) is 12.4 Å². The highest BCUT2D eigenvalue weighted by molar-refractivity contribution is 6.31. The topological polar surface area (TPSA) is 67.4 Å². The van der Waals surface area contributed by atoms with Crippen LogP contribution in [0.3, 0.4) is 0 Å². The Kier molecular flexibility index (Phi) is 2.71. The van der Waals surface area contributed by atoms with Crippen LogP contribution in [0.2, 0.25) is 5.02 Å². The van der Waals surface area contributed by atoms with Crippen molar-refractivity contribution in [3.63, 3.8) is 0 Å².